The highest BCUT2D eigenvalue weighted by Gasteiger charge is 2.30. The van der Waals surface area contributed by atoms with Crippen LogP contribution in [0.4, 0.5) is 0 Å². The van der Waals surface area contributed by atoms with Crippen LogP contribution in [-0.4, -0.2) is 34.0 Å². The molecule has 1 fully saturated rings. The van der Waals surface area contributed by atoms with Crippen LogP contribution in [0.3, 0.4) is 0 Å². The topological polar surface area (TPSA) is 53.4 Å². The van der Waals surface area contributed by atoms with Crippen molar-refractivity contribution in [2.24, 2.45) is 5.92 Å². The summed E-state index contributed by atoms with van der Waals surface area (Å²) < 4.78 is 0. The van der Waals surface area contributed by atoms with Crippen molar-refractivity contribution in [2.75, 3.05) is 13.1 Å². The highest BCUT2D eigenvalue weighted by atomic mass is 16.4. The lowest BCUT2D eigenvalue weighted by Crippen LogP contribution is -2.39. The molecule has 1 aromatic heterocycles. The fourth-order valence-corrected chi connectivity index (χ4v) is 3.36. The van der Waals surface area contributed by atoms with E-state index in [0.29, 0.717) is 12.8 Å². The molecule has 0 aliphatic carbocycles. The Labute approximate surface area is 143 Å². The smallest absolute Gasteiger partial charge is 0.306 e. The summed E-state index contributed by atoms with van der Waals surface area (Å²) in [6.07, 6.45) is 3.30. The number of likely N-dealkylation sites (tertiary alicyclic amines) is 1. The molecule has 2 aromatic rings. The number of piperidine rings is 1. The highest BCUT2D eigenvalue weighted by Crippen LogP contribution is 2.31. The van der Waals surface area contributed by atoms with Gasteiger partial charge in [0.15, 0.2) is 0 Å². The van der Waals surface area contributed by atoms with Crippen molar-refractivity contribution < 1.29 is 9.90 Å². The van der Waals surface area contributed by atoms with E-state index in [4.69, 9.17) is 0 Å². The SMILES string of the molecule is Cc1ccc(C(c2ccc(C)cn2)N2CCC(C(=O)O)CC2)cc1. The first-order valence-corrected chi connectivity index (χ1v) is 8.50. The fraction of sp³-hybridized carbons (Fsp3) is 0.400. The zero-order valence-corrected chi connectivity index (χ0v) is 14.3. The number of hydrogen-bond donors (Lipinski definition) is 1. The number of pyridine rings is 1. The van der Waals surface area contributed by atoms with Gasteiger partial charge in [0, 0.05) is 6.20 Å². The summed E-state index contributed by atoms with van der Waals surface area (Å²) in [7, 11) is 0. The minimum absolute atomic E-state index is 0.0842. The summed E-state index contributed by atoms with van der Waals surface area (Å²) in [4.78, 5) is 18.2. The zero-order chi connectivity index (χ0) is 17.1. The first-order chi connectivity index (χ1) is 11.5. The Kier molecular flexibility index (Phi) is 4.95. The molecule has 1 N–H and O–H groups in total. The van der Waals surface area contributed by atoms with Gasteiger partial charge in [0.25, 0.3) is 0 Å². The Morgan fingerprint density at radius 2 is 1.71 bits per heavy atom. The summed E-state index contributed by atoms with van der Waals surface area (Å²) in [5.41, 5.74) is 4.62. The van der Waals surface area contributed by atoms with E-state index in [-0.39, 0.29) is 12.0 Å². The van der Waals surface area contributed by atoms with Gasteiger partial charge in [0.2, 0.25) is 0 Å². The van der Waals surface area contributed by atoms with E-state index < -0.39 is 5.97 Å². The van der Waals surface area contributed by atoms with E-state index in [9.17, 15) is 9.90 Å². The number of aliphatic carboxylic acids is 1. The number of benzene rings is 1. The summed E-state index contributed by atoms with van der Waals surface area (Å²) >= 11 is 0. The lowest BCUT2D eigenvalue weighted by molar-refractivity contribution is -0.143. The maximum Gasteiger partial charge on any atom is 0.306 e. The van der Waals surface area contributed by atoms with Crippen LogP contribution in [0.25, 0.3) is 0 Å². The third-order valence-corrected chi connectivity index (χ3v) is 4.85. The van der Waals surface area contributed by atoms with Gasteiger partial charge in [0.1, 0.15) is 0 Å². The summed E-state index contributed by atoms with van der Waals surface area (Å²) in [5, 5.41) is 9.23. The van der Waals surface area contributed by atoms with Crippen LogP contribution in [0.1, 0.15) is 41.3 Å². The molecule has 4 heteroatoms. The average molecular weight is 324 g/mol. The minimum atomic E-state index is -0.671. The molecule has 0 spiro atoms. The second-order valence-corrected chi connectivity index (χ2v) is 6.72. The van der Waals surface area contributed by atoms with Crippen LogP contribution in [0.15, 0.2) is 42.6 Å². The number of hydrogen-bond acceptors (Lipinski definition) is 3. The predicted molar refractivity (Wildman–Crippen MR) is 93.9 cm³/mol. The van der Waals surface area contributed by atoms with Gasteiger partial charge >= 0.3 is 5.97 Å². The predicted octanol–water partition coefficient (Wildman–Crippen LogP) is 3.58. The molecular weight excluding hydrogens is 300 g/mol. The van der Waals surface area contributed by atoms with E-state index in [1.165, 1.54) is 11.1 Å². The lowest BCUT2D eigenvalue weighted by Gasteiger charge is -2.36. The van der Waals surface area contributed by atoms with Gasteiger partial charge in [-0.1, -0.05) is 35.9 Å². The van der Waals surface area contributed by atoms with Crippen molar-refractivity contribution in [2.45, 2.75) is 32.7 Å². The second kappa shape index (κ2) is 7.14. The third kappa shape index (κ3) is 3.65. The van der Waals surface area contributed by atoms with Crippen molar-refractivity contribution in [3.05, 3.63) is 65.0 Å². The number of carboxylic acids is 1. The molecular formula is C20H24N2O2. The van der Waals surface area contributed by atoms with E-state index in [2.05, 4.69) is 53.2 Å². The Bertz CT molecular complexity index is 641. The third-order valence-electron chi connectivity index (χ3n) is 4.85. The van der Waals surface area contributed by atoms with E-state index in [0.717, 1.165) is 24.3 Å². The average Bonchev–Trinajstić information content (AvgIpc) is 2.59. The first kappa shape index (κ1) is 16.7. The van der Waals surface area contributed by atoms with Crippen molar-refractivity contribution in [1.82, 2.24) is 9.88 Å². The molecule has 3 rings (SSSR count). The number of aromatic nitrogens is 1. The van der Waals surface area contributed by atoms with Crippen LogP contribution in [0.5, 0.6) is 0 Å². The van der Waals surface area contributed by atoms with Gasteiger partial charge in [-0.2, -0.15) is 0 Å². The summed E-state index contributed by atoms with van der Waals surface area (Å²) in [6.45, 7) is 5.69. The Morgan fingerprint density at radius 1 is 1.08 bits per heavy atom. The maximum atomic E-state index is 11.2. The van der Waals surface area contributed by atoms with Crippen molar-refractivity contribution >= 4 is 5.97 Å². The number of rotatable bonds is 4. The fourth-order valence-electron chi connectivity index (χ4n) is 3.36. The van der Waals surface area contributed by atoms with Gasteiger partial charge in [-0.15, -0.1) is 0 Å². The molecule has 1 atom stereocenters. The molecule has 4 nitrogen and oxygen atoms in total. The number of carboxylic acid groups (broad SMARTS) is 1. The molecule has 2 heterocycles. The molecule has 1 aliphatic heterocycles. The maximum absolute atomic E-state index is 11.2. The van der Waals surface area contributed by atoms with Crippen LogP contribution >= 0.6 is 0 Å². The van der Waals surface area contributed by atoms with Gasteiger partial charge in [-0.25, -0.2) is 0 Å². The summed E-state index contributed by atoms with van der Waals surface area (Å²) in [6, 6.07) is 12.8. The van der Waals surface area contributed by atoms with Crippen molar-refractivity contribution in [3.63, 3.8) is 0 Å². The second-order valence-electron chi connectivity index (χ2n) is 6.72. The normalized spacial score (nSPS) is 17.6. The quantitative estimate of drug-likeness (QED) is 0.934. The number of carbonyl (C=O) groups is 1. The molecule has 0 saturated carbocycles. The molecule has 0 radical (unpaired) electrons. The van der Waals surface area contributed by atoms with Crippen molar-refractivity contribution in [3.8, 4) is 0 Å². The monoisotopic (exact) mass is 324 g/mol. The molecule has 0 amide bonds. The van der Waals surface area contributed by atoms with Crippen molar-refractivity contribution in [1.29, 1.82) is 0 Å². The zero-order valence-electron chi connectivity index (χ0n) is 14.3. The van der Waals surface area contributed by atoms with Gasteiger partial charge < -0.3 is 5.11 Å². The van der Waals surface area contributed by atoms with Gasteiger partial charge in [-0.3, -0.25) is 14.7 Å². The van der Waals surface area contributed by atoms with Gasteiger partial charge in [0.05, 0.1) is 17.7 Å². The van der Waals surface area contributed by atoms with Gasteiger partial charge in [-0.05, 0) is 57.0 Å². The Morgan fingerprint density at radius 3 is 2.25 bits per heavy atom. The van der Waals surface area contributed by atoms with Crippen LogP contribution in [0, 0.1) is 19.8 Å². The minimum Gasteiger partial charge on any atom is -0.481 e. The Hall–Kier alpha value is -2.20. The molecule has 1 unspecified atom stereocenters. The van der Waals surface area contributed by atoms with Crippen LogP contribution in [0.2, 0.25) is 0 Å². The van der Waals surface area contributed by atoms with E-state index >= 15 is 0 Å². The molecule has 24 heavy (non-hydrogen) atoms. The van der Waals surface area contributed by atoms with E-state index in [1.807, 2.05) is 13.1 Å². The largest absolute Gasteiger partial charge is 0.481 e. The van der Waals surface area contributed by atoms with E-state index in [1.54, 1.807) is 0 Å². The number of aryl methyl sites for hydroxylation is 2. The summed E-state index contributed by atoms with van der Waals surface area (Å²) in [5.74, 6) is -0.888. The lowest BCUT2D eigenvalue weighted by atomic mass is 9.92. The van der Waals surface area contributed by atoms with Crippen LogP contribution in [-0.2, 0) is 4.79 Å². The molecule has 126 valence electrons. The number of nitrogens with zero attached hydrogens (tertiary/aromatic N) is 2. The highest BCUT2D eigenvalue weighted by molar-refractivity contribution is 5.70. The molecule has 1 saturated heterocycles. The molecule has 1 aromatic carbocycles. The first-order valence-electron chi connectivity index (χ1n) is 8.50. The Balaban J connectivity index is 1.89. The standard InChI is InChI=1S/C20H24N2O2/c1-14-3-6-16(7-4-14)19(18-8-5-15(2)13-21-18)22-11-9-17(10-12-22)20(23)24/h3-8,13,17,19H,9-12H2,1-2H3,(H,23,24). The van der Waals surface area contributed by atoms with Crippen LogP contribution < -0.4 is 0 Å². The molecule has 0 bridgehead atoms. The molecule has 1 aliphatic rings.